The first-order valence-electron chi connectivity index (χ1n) is 14.1. The second-order valence-corrected chi connectivity index (χ2v) is 13.8. The third-order valence-electron chi connectivity index (χ3n) is 6.43. The number of para-hydroxylation sites is 1. The summed E-state index contributed by atoms with van der Waals surface area (Å²) in [6.45, 7) is 7.91. The van der Waals surface area contributed by atoms with E-state index in [0.717, 1.165) is 35.5 Å². The first-order valence-corrected chi connectivity index (χ1v) is 17.8. The van der Waals surface area contributed by atoms with E-state index >= 15 is 0 Å². The van der Waals surface area contributed by atoms with E-state index in [1.165, 1.54) is 33.3 Å². The molecule has 0 spiro atoms. The van der Waals surface area contributed by atoms with E-state index < -0.39 is 35.8 Å². The molecule has 0 saturated carbocycles. The number of methoxy groups -OCH3 is 3. The number of nitrogens with one attached hydrogen (secondary N) is 2. The van der Waals surface area contributed by atoms with Crippen LogP contribution < -0.4 is 24.4 Å². The lowest BCUT2D eigenvalue weighted by atomic mass is 10.0. The molecule has 0 bridgehead atoms. The van der Waals surface area contributed by atoms with Crippen LogP contribution in [0.15, 0.2) is 52.5 Å². The van der Waals surface area contributed by atoms with Crippen LogP contribution >= 0.6 is 11.6 Å². The average Bonchev–Trinajstić information content (AvgIpc) is 3.05. The Labute approximate surface area is 280 Å². The van der Waals surface area contributed by atoms with Crippen LogP contribution in [0, 0.1) is 6.92 Å². The number of carbonyl (C=O) groups excluding carboxylic acids is 2. The lowest BCUT2D eigenvalue weighted by Crippen LogP contribution is -2.43. The molecule has 15 nitrogen and oxygen atoms in total. The van der Waals surface area contributed by atoms with Gasteiger partial charge in [-0.3, -0.25) is 10.1 Å². The van der Waals surface area contributed by atoms with E-state index in [-0.39, 0.29) is 41.3 Å². The second-order valence-electron chi connectivity index (χ2n) is 9.68. The van der Waals surface area contributed by atoms with Crippen LogP contribution in [0.25, 0.3) is 0 Å². The van der Waals surface area contributed by atoms with Crippen LogP contribution in [-0.2, 0) is 35.8 Å². The Morgan fingerprint density at radius 3 is 2.17 bits per heavy atom. The summed E-state index contributed by atoms with van der Waals surface area (Å²) in [5, 5.41) is 1.31. The van der Waals surface area contributed by atoms with Crippen LogP contribution in [0.4, 0.5) is 16.4 Å². The number of sulfone groups is 1. The van der Waals surface area contributed by atoms with Crippen molar-refractivity contribution in [1.82, 2.24) is 19.7 Å². The molecule has 3 amide bonds. The van der Waals surface area contributed by atoms with Gasteiger partial charge in [-0.25, -0.2) is 22.9 Å². The molecule has 258 valence electrons. The molecular formula is C29H39ClN6O9S2. The van der Waals surface area contributed by atoms with Crippen molar-refractivity contribution in [1.29, 1.82) is 0 Å². The van der Waals surface area contributed by atoms with Gasteiger partial charge in [0, 0.05) is 13.3 Å². The fraction of sp³-hybridized carbons (Fsp3) is 0.414. The largest absolute Gasteiger partial charge is 0.481 e. The summed E-state index contributed by atoms with van der Waals surface area (Å²) in [6.07, 6.45) is 1.97. The molecule has 2 heterocycles. The first kappa shape index (κ1) is 39.1. The molecule has 0 radical (unpaired) electrons. The Kier molecular flexibility index (Phi) is 14.8. The number of halogens is 1. The highest BCUT2D eigenvalue weighted by molar-refractivity contribution is 7.93. The second kappa shape index (κ2) is 17.7. The fourth-order valence-electron chi connectivity index (χ4n) is 4.26. The highest BCUT2D eigenvalue weighted by Crippen LogP contribution is 2.28. The van der Waals surface area contributed by atoms with Gasteiger partial charge in [-0.1, -0.05) is 32.0 Å². The number of hydrogen-bond acceptors (Lipinski definition) is 12. The molecule has 3 rings (SSSR count). The summed E-state index contributed by atoms with van der Waals surface area (Å²) < 4.78 is 65.8. The number of hydrogen-bond donors (Lipinski definition) is 2. The number of aromatic nitrogens is 3. The standard InChI is InChI=1S/C15H22ClNO2.C14H17N5O7S2/c1-5-13-8-6-7-11(2)15(13)17(14(18)9-16)12(3)10-19-4;1-4-27(21,22)9-6-5-7-15-12(9)28(23,24)19-14(20)18-13-16-10(25-2)8-11(17-13)26-3/h6-8,12H,5,9-10H2,1-4H3;5-8H,4H2,1-3H3,(H2,16,17,18,19,20). The zero-order chi connectivity index (χ0) is 35.4. The number of urea groups is 1. The number of ether oxygens (including phenoxy) is 3. The minimum absolute atomic E-state index is 0.0223. The summed E-state index contributed by atoms with van der Waals surface area (Å²) in [5.74, 6) is -0.630. The third-order valence-corrected chi connectivity index (χ3v) is 9.84. The van der Waals surface area contributed by atoms with Crippen molar-refractivity contribution in [3.8, 4) is 11.8 Å². The zero-order valence-electron chi connectivity index (χ0n) is 27.1. The van der Waals surface area contributed by atoms with Gasteiger partial charge in [-0.05, 0) is 43.5 Å². The Morgan fingerprint density at radius 1 is 1.00 bits per heavy atom. The van der Waals surface area contributed by atoms with Gasteiger partial charge in [-0.2, -0.15) is 18.4 Å². The van der Waals surface area contributed by atoms with Crippen molar-refractivity contribution in [2.24, 2.45) is 0 Å². The Balaban J connectivity index is 0.000000353. The van der Waals surface area contributed by atoms with Crippen molar-refractivity contribution in [2.45, 2.75) is 50.1 Å². The number of amides is 3. The van der Waals surface area contributed by atoms with Gasteiger partial charge in [0.25, 0.3) is 10.0 Å². The van der Waals surface area contributed by atoms with Crippen molar-refractivity contribution in [2.75, 3.05) is 49.8 Å². The molecule has 2 aromatic heterocycles. The topological polar surface area (TPSA) is 196 Å². The van der Waals surface area contributed by atoms with Gasteiger partial charge in [0.05, 0.1) is 44.4 Å². The number of anilines is 2. The van der Waals surface area contributed by atoms with Crippen molar-refractivity contribution < 1.29 is 40.6 Å². The molecule has 0 aliphatic heterocycles. The molecule has 0 fully saturated rings. The Hall–Kier alpha value is -4.06. The third kappa shape index (κ3) is 10.5. The molecule has 18 heteroatoms. The molecule has 1 atom stereocenters. The normalized spacial score (nSPS) is 11.8. The number of benzene rings is 1. The van der Waals surface area contributed by atoms with E-state index in [1.807, 2.05) is 26.0 Å². The maximum Gasteiger partial charge on any atom is 0.335 e. The van der Waals surface area contributed by atoms with Crippen LogP contribution in [-0.4, -0.2) is 89.3 Å². The van der Waals surface area contributed by atoms with Crippen LogP contribution in [0.1, 0.15) is 31.9 Å². The quantitative estimate of drug-likeness (QED) is 0.245. The molecule has 0 saturated heterocycles. The smallest absolute Gasteiger partial charge is 0.335 e. The summed E-state index contributed by atoms with van der Waals surface area (Å²) in [4.78, 5) is 36.8. The summed E-state index contributed by atoms with van der Waals surface area (Å²) in [7, 11) is -4.21. The fourth-order valence-corrected chi connectivity index (χ4v) is 6.94. The minimum Gasteiger partial charge on any atom is -0.481 e. The highest BCUT2D eigenvalue weighted by atomic mass is 35.5. The highest BCUT2D eigenvalue weighted by Gasteiger charge is 2.29. The monoisotopic (exact) mass is 714 g/mol. The molecular weight excluding hydrogens is 676 g/mol. The summed E-state index contributed by atoms with van der Waals surface area (Å²) in [5.41, 5.74) is 3.21. The molecule has 1 aromatic carbocycles. The molecule has 3 aromatic rings. The van der Waals surface area contributed by atoms with Crippen LogP contribution in [0.2, 0.25) is 0 Å². The van der Waals surface area contributed by atoms with E-state index in [1.54, 1.807) is 16.7 Å². The van der Waals surface area contributed by atoms with Crippen molar-refractivity contribution in [3.63, 3.8) is 0 Å². The maximum absolute atomic E-state index is 12.5. The molecule has 1 unspecified atom stereocenters. The van der Waals surface area contributed by atoms with E-state index in [9.17, 15) is 26.4 Å². The number of rotatable bonds is 13. The van der Waals surface area contributed by atoms with Gasteiger partial charge in [0.1, 0.15) is 10.8 Å². The number of alkyl halides is 1. The van der Waals surface area contributed by atoms with Crippen molar-refractivity contribution in [3.05, 3.63) is 53.7 Å². The Morgan fingerprint density at radius 2 is 1.64 bits per heavy atom. The van der Waals surface area contributed by atoms with E-state index in [4.69, 9.17) is 25.8 Å². The van der Waals surface area contributed by atoms with Crippen LogP contribution in [0.5, 0.6) is 11.8 Å². The minimum atomic E-state index is -4.61. The van der Waals surface area contributed by atoms with Crippen molar-refractivity contribution >= 4 is 55.0 Å². The predicted molar refractivity (Wildman–Crippen MR) is 177 cm³/mol. The first-order chi connectivity index (χ1) is 22.2. The molecule has 2 N–H and O–H groups in total. The van der Waals surface area contributed by atoms with E-state index in [2.05, 4.69) is 33.3 Å². The molecule has 0 aliphatic rings. The number of pyridine rings is 1. The predicted octanol–water partition coefficient (Wildman–Crippen LogP) is 3.36. The van der Waals surface area contributed by atoms with Gasteiger partial charge < -0.3 is 19.1 Å². The van der Waals surface area contributed by atoms with Gasteiger partial charge in [0.2, 0.25) is 23.6 Å². The van der Waals surface area contributed by atoms with Crippen LogP contribution in [0.3, 0.4) is 0 Å². The van der Waals surface area contributed by atoms with Gasteiger partial charge in [-0.15, -0.1) is 11.6 Å². The number of sulfonamides is 1. The Bertz CT molecular complexity index is 1740. The van der Waals surface area contributed by atoms with E-state index in [0.29, 0.717) is 6.61 Å². The molecule has 0 aliphatic carbocycles. The molecule has 47 heavy (non-hydrogen) atoms. The summed E-state index contributed by atoms with van der Waals surface area (Å²) in [6, 6.07) is 8.52. The zero-order valence-corrected chi connectivity index (χ0v) is 29.5. The average molecular weight is 715 g/mol. The number of aryl methyl sites for hydroxylation is 2. The number of nitrogens with zero attached hydrogens (tertiary/aromatic N) is 4. The summed E-state index contributed by atoms with van der Waals surface area (Å²) >= 11 is 5.76. The van der Waals surface area contributed by atoms with Gasteiger partial charge >= 0.3 is 6.03 Å². The lowest BCUT2D eigenvalue weighted by Gasteiger charge is -2.31. The lowest BCUT2D eigenvalue weighted by molar-refractivity contribution is -0.116. The SMILES string of the molecule is CCS(=O)(=O)c1cccnc1S(=O)(=O)NC(=O)Nc1nc(OC)cc(OC)n1.CCc1cccc(C)c1N(C(=O)CCl)C(C)COC. The van der Waals surface area contributed by atoms with Gasteiger partial charge in [0.15, 0.2) is 14.9 Å². The number of carbonyl (C=O) groups is 2. The maximum atomic E-state index is 12.5.